The molecule has 0 aliphatic carbocycles. The molecule has 29 heavy (non-hydrogen) atoms. The third-order valence-electron chi connectivity index (χ3n) is 3.96. The van der Waals surface area contributed by atoms with Gasteiger partial charge in [-0.2, -0.15) is 0 Å². The molecule has 0 spiro atoms. The summed E-state index contributed by atoms with van der Waals surface area (Å²) in [6, 6.07) is 17.9. The van der Waals surface area contributed by atoms with Crippen LogP contribution in [0.25, 0.3) is 0 Å². The van der Waals surface area contributed by atoms with Crippen molar-refractivity contribution in [3.8, 4) is 11.5 Å². The highest BCUT2D eigenvalue weighted by atomic mass is 19.1. The van der Waals surface area contributed by atoms with Crippen LogP contribution in [0.15, 0.2) is 72.8 Å². The van der Waals surface area contributed by atoms with Crippen LogP contribution >= 0.6 is 0 Å². The highest BCUT2D eigenvalue weighted by Gasteiger charge is 2.08. The Hall–Kier alpha value is -3.74. The quantitative estimate of drug-likeness (QED) is 0.638. The molecule has 3 aromatic carbocycles. The number of hydrogen-bond acceptors (Lipinski definition) is 3. The van der Waals surface area contributed by atoms with Crippen LogP contribution < -0.4 is 15.4 Å². The van der Waals surface area contributed by atoms with Gasteiger partial charge in [-0.25, -0.2) is 8.78 Å². The molecule has 0 aliphatic rings. The molecule has 0 aromatic heterocycles. The molecule has 0 aliphatic heterocycles. The van der Waals surface area contributed by atoms with Crippen LogP contribution in [0, 0.1) is 11.6 Å². The Morgan fingerprint density at radius 2 is 1.45 bits per heavy atom. The van der Waals surface area contributed by atoms with Crippen LogP contribution in [0.5, 0.6) is 11.5 Å². The van der Waals surface area contributed by atoms with E-state index in [1.54, 1.807) is 24.3 Å². The molecule has 0 fully saturated rings. The molecule has 0 heterocycles. The molecule has 0 saturated carbocycles. The zero-order valence-electron chi connectivity index (χ0n) is 15.3. The number of rotatable bonds is 7. The van der Waals surface area contributed by atoms with Crippen LogP contribution in [0.1, 0.15) is 15.9 Å². The van der Waals surface area contributed by atoms with Crippen molar-refractivity contribution < 1.29 is 23.1 Å². The van der Waals surface area contributed by atoms with Crippen molar-refractivity contribution in [1.82, 2.24) is 10.6 Å². The van der Waals surface area contributed by atoms with E-state index in [2.05, 4.69) is 10.6 Å². The number of carbonyl (C=O) groups excluding carboxylic acids is 2. The Labute approximate surface area is 166 Å². The number of ether oxygens (including phenoxy) is 1. The van der Waals surface area contributed by atoms with Crippen molar-refractivity contribution in [2.24, 2.45) is 0 Å². The number of benzene rings is 3. The van der Waals surface area contributed by atoms with Crippen LogP contribution in [-0.4, -0.2) is 18.4 Å². The van der Waals surface area contributed by atoms with Gasteiger partial charge < -0.3 is 15.4 Å². The summed E-state index contributed by atoms with van der Waals surface area (Å²) in [6.07, 6.45) is 0. The molecular formula is C22H18F2N2O3. The van der Waals surface area contributed by atoms with Gasteiger partial charge in [-0.3, -0.25) is 9.59 Å². The van der Waals surface area contributed by atoms with E-state index in [9.17, 15) is 18.4 Å². The highest BCUT2D eigenvalue weighted by Crippen LogP contribution is 2.21. The molecule has 0 bridgehead atoms. The van der Waals surface area contributed by atoms with Crippen molar-refractivity contribution in [1.29, 1.82) is 0 Å². The van der Waals surface area contributed by atoms with Crippen LogP contribution in [0.4, 0.5) is 8.78 Å². The molecule has 0 atom stereocenters. The Balaban J connectivity index is 1.44. The van der Waals surface area contributed by atoms with Gasteiger partial charge in [0.1, 0.15) is 23.1 Å². The number of hydrogen-bond donors (Lipinski definition) is 2. The zero-order chi connectivity index (χ0) is 20.6. The van der Waals surface area contributed by atoms with Crippen LogP contribution in [0.2, 0.25) is 0 Å². The van der Waals surface area contributed by atoms with Gasteiger partial charge in [0.15, 0.2) is 0 Å². The number of halogens is 2. The summed E-state index contributed by atoms with van der Waals surface area (Å²) in [5, 5.41) is 5.12. The predicted molar refractivity (Wildman–Crippen MR) is 103 cm³/mol. The summed E-state index contributed by atoms with van der Waals surface area (Å²) in [4.78, 5) is 23.8. The molecule has 0 unspecified atom stereocenters. The second-order valence-electron chi connectivity index (χ2n) is 6.17. The predicted octanol–water partition coefficient (Wildman–Crippen LogP) is 3.80. The largest absolute Gasteiger partial charge is 0.457 e. The summed E-state index contributed by atoms with van der Waals surface area (Å²) in [5.74, 6) is -0.664. The lowest BCUT2D eigenvalue weighted by Gasteiger charge is -2.09. The van der Waals surface area contributed by atoms with Crippen molar-refractivity contribution in [3.63, 3.8) is 0 Å². The van der Waals surface area contributed by atoms with E-state index in [1.807, 2.05) is 0 Å². The van der Waals surface area contributed by atoms with E-state index in [0.29, 0.717) is 11.5 Å². The minimum atomic E-state index is -0.526. The van der Waals surface area contributed by atoms with Crippen molar-refractivity contribution in [2.75, 3.05) is 6.54 Å². The monoisotopic (exact) mass is 396 g/mol. The fraction of sp³-hybridized carbons (Fsp3) is 0.0909. The van der Waals surface area contributed by atoms with Crippen molar-refractivity contribution in [3.05, 3.63) is 95.6 Å². The molecule has 7 heteroatoms. The van der Waals surface area contributed by atoms with E-state index in [1.165, 1.54) is 42.5 Å². The molecule has 148 valence electrons. The molecule has 3 rings (SSSR count). The number of amides is 2. The maximum atomic E-state index is 13.1. The SMILES string of the molecule is O=C(CNC(=O)c1cccc(F)c1)NCc1ccc(Oc2ccc(F)cc2)cc1. The van der Waals surface area contributed by atoms with Gasteiger partial charge in [0.2, 0.25) is 5.91 Å². The van der Waals surface area contributed by atoms with E-state index in [-0.39, 0.29) is 30.4 Å². The van der Waals surface area contributed by atoms with E-state index in [0.717, 1.165) is 11.6 Å². The molecule has 0 saturated heterocycles. The average molecular weight is 396 g/mol. The average Bonchev–Trinajstić information content (AvgIpc) is 2.73. The third-order valence-corrected chi connectivity index (χ3v) is 3.96. The fourth-order valence-corrected chi connectivity index (χ4v) is 2.47. The lowest BCUT2D eigenvalue weighted by atomic mass is 10.2. The molecule has 3 aromatic rings. The maximum Gasteiger partial charge on any atom is 0.251 e. The highest BCUT2D eigenvalue weighted by molar-refractivity contribution is 5.96. The topological polar surface area (TPSA) is 67.4 Å². The third kappa shape index (κ3) is 6.14. The first-order chi connectivity index (χ1) is 14.0. The minimum Gasteiger partial charge on any atom is -0.457 e. The fourth-order valence-electron chi connectivity index (χ4n) is 2.47. The van der Waals surface area contributed by atoms with Gasteiger partial charge in [0.05, 0.1) is 6.54 Å². The zero-order valence-corrected chi connectivity index (χ0v) is 15.3. The van der Waals surface area contributed by atoms with Crippen molar-refractivity contribution >= 4 is 11.8 Å². The van der Waals surface area contributed by atoms with Gasteiger partial charge >= 0.3 is 0 Å². The standard InChI is InChI=1S/C22H18F2N2O3/c23-17-6-10-20(11-7-17)29-19-8-4-15(5-9-19)13-25-21(27)14-26-22(28)16-2-1-3-18(24)12-16/h1-12H,13-14H2,(H,25,27)(H,26,28). The first-order valence-electron chi connectivity index (χ1n) is 8.82. The van der Waals surface area contributed by atoms with E-state index < -0.39 is 11.7 Å². The smallest absolute Gasteiger partial charge is 0.251 e. The number of nitrogens with one attached hydrogen (secondary N) is 2. The second kappa shape index (κ2) is 9.45. The summed E-state index contributed by atoms with van der Waals surface area (Å²) in [7, 11) is 0. The summed E-state index contributed by atoms with van der Waals surface area (Å²) in [6.45, 7) is 0.0482. The maximum absolute atomic E-state index is 13.1. The van der Waals surface area contributed by atoms with Gasteiger partial charge in [-0.1, -0.05) is 18.2 Å². The molecular weight excluding hydrogens is 378 g/mol. The van der Waals surface area contributed by atoms with Gasteiger partial charge in [0, 0.05) is 12.1 Å². The number of carbonyl (C=O) groups is 2. The van der Waals surface area contributed by atoms with E-state index in [4.69, 9.17) is 4.74 Å². The van der Waals surface area contributed by atoms with Gasteiger partial charge in [0.25, 0.3) is 5.91 Å². The molecule has 0 radical (unpaired) electrons. The Bertz CT molecular complexity index is 990. The molecule has 2 N–H and O–H groups in total. The van der Waals surface area contributed by atoms with Gasteiger partial charge in [-0.15, -0.1) is 0 Å². The Morgan fingerprint density at radius 3 is 2.10 bits per heavy atom. The minimum absolute atomic E-state index is 0.148. The lowest BCUT2D eigenvalue weighted by Crippen LogP contribution is -2.36. The lowest BCUT2D eigenvalue weighted by molar-refractivity contribution is -0.120. The van der Waals surface area contributed by atoms with Crippen LogP contribution in [-0.2, 0) is 11.3 Å². The summed E-state index contributed by atoms with van der Waals surface area (Å²) in [5.41, 5.74) is 0.982. The Morgan fingerprint density at radius 1 is 0.793 bits per heavy atom. The first kappa shape index (κ1) is 20.0. The van der Waals surface area contributed by atoms with Gasteiger partial charge in [-0.05, 0) is 60.2 Å². The summed E-state index contributed by atoms with van der Waals surface area (Å²) < 4.78 is 31.6. The summed E-state index contributed by atoms with van der Waals surface area (Å²) >= 11 is 0. The van der Waals surface area contributed by atoms with E-state index >= 15 is 0 Å². The molecule has 2 amide bonds. The Kier molecular flexibility index (Phi) is 6.52. The second-order valence-corrected chi connectivity index (χ2v) is 6.17. The normalized spacial score (nSPS) is 10.3. The van der Waals surface area contributed by atoms with Crippen LogP contribution in [0.3, 0.4) is 0 Å². The molecule has 5 nitrogen and oxygen atoms in total. The first-order valence-corrected chi connectivity index (χ1v) is 8.82. The van der Waals surface area contributed by atoms with Crippen molar-refractivity contribution in [2.45, 2.75) is 6.54 Å².